The van der Waals surface area contributed by atoms with E-state index in [0.29, 0.717) is 0 Å². The molecular weight excluding hydrogens is 272 g/mol. The fourth-order valence-corrected chi connectivity index (χ4v) is 3.03. The Hall–Kier alpha value is -1.95. The molecule has 0 radical (unpaired) electrons. The van der Waals surface area contributed by atoms with Gasteiger partial charge in [-0.2, -0.15) is 11.3 Å². The molecule has 0 spiro atoms. The zero-order valence-electron chi connectivity index (χ0n) is 11.0. The summed E-state index contributed by atoms with van der Waals surface area (Å²) >= 11 is 1.54. The van der Waals surface area contributed by atoms with Gasteiger partial charge in [0.1, 0.15) is 0 Å². The Bertz CT molecular complexity index is 558. The van der Waals surface area contributed by atoms with E-state index in [0.717, 1.165) is 37.4 Å². The first-order valence-corrected chi connectivity index (χ1v) is 7.62. The molecule has 20 heavy (non-hydrogen) atoms. The van der Waals surface area contributed by atoms with E-state index < -0.39 is 0 Å². The fraction of sp³-hybridized carbons (Fsp3) is 0.357. The van der Waals surface area contributed by atoms with Crippen molar-refractivity contribution in [2.75, 3.05) is 18.0 Å². The number of carbonyl (C=O) groups excluding carboxylic acids is 1. The molecule has 2 aromatic heterocycles. The molecule has 1 aliphatic rings. The Labute approximate surface area is 121 Å². The number of hydrogen-bond donors (Lipinski definition) is 1. The van der Waals surface area contributed by atoms with Gasteiger partial charge in [-0.15, -0.1) is 0 Å². The lowest BCUT2D eigenvalue weighted by Gasteiger charge is -2.33. The van der Waals surface area contributed by atoms with Gasteiger partial charge in [0.25, 0.3) is 5.91 Å². The number of carbonyl (C=O) groups is 1. The Morgan fingerprint density at radius 2 is 2.25 bits per heavy atom. The third-order valence-corrected chi connectivity index (χ3v) is 4.06. The molecule has 1 fully saturated rings. The summed E-state index contributed by atoms with van der Waals surface area (Å²) in [6.07, 6.45) is 5.53. The third kappa shape index (κ3) is 2.96. The topological polar surface area (TPSA) is 58.1 Å². The molecule has 0 aromatic carbocycles. The van der Waals surface area contributed by atoms with Crippen LogP contribution in [0.1, 0.15) is 23.2 Å². The van der Waals surface area contributed by atoms with Gasteiger partial charge in [0, 0.05) is 42.5 Å². The SMILES string of the molecule is O=C(N[C@H]1CCCN(c2ncccn2)C1)c1ccsc1. The number of thiophene rings is 1. The van der Waals surface area contributed by atoms with Crippen LogP contribution in [0.15, 0.2) is 35.3 Å². The Morgan fingerprint density at radius 3 is 3.00 bits per heavy atom. The second-order valence-corrected chi connectivity index (χ2v) is 5.60. The van der Waals surface area contributed by atoms with Crippen molar-refractivity contribution in [3.05, 3.63) is 40.8 Å². The number of piperidine rings is 1. The molecule has 2 aromatic rings. The third-order valence-electron chi connectivity index (χ3n) is 3.37. The maximum absolute atomic E-state index is 12.1. The number of aromatic nitrogens is 2. The lowest BCUT2D eigenvalue weighted by Crippen LogP contribution is -2.48. The van der Waals surface area contributed by atoms with Crippen molar-refractivity contribution in [2.45, 2.75) is 18.9 Å². The molecule has 0 saturated carbocycles. The summed E-state index contributed by atoms with van der Waals surface area (Å²) in [5.41, 5.74) is 0.739. The number of anilines is 1. The largest absolute Gasteiger partial charge is 0.347 e. The highest BCUT2D eigenvalue weighted by molar-refractivity contribution is 7.08. The van der Waals surface area contributed by atoms with Crippen molar-refractivity contribution < 1.29 is 4.79 Å². The summed E-state index contributed by atoms with van der Waals surface area (Å²) in [6, 6.07) is 3.81. The average molecular weight is 288 g/mol. The monoisotopic (exact) mass is 288 g/mol. The normalized spacial score (nSPS) is 18.8. The van der Waals surface area contributed by atoms with Crippen LogP contribution in [-0.2, 0) is 0 Å². The molecule has 0 aliphatic carbocycles. The van der Waals surface area contributed by atoms with Gasteiger partial charge in [0.05, 0.1) is 0 Å². The Morgan fingerprint density at radius 1 is 1.40 bits per heavy atom. The molecule has 104 valence electrons. The number of rotatable bonds is 3. The van der Waals surface area contributed by atoms with Crippen LogP contribution in [0, 0.1) is 0 Å². The molecule has 3 rings (SSSR count). The van der Waals surface area contributed by atoms with Gasteiger partial charge in [-0.3, -0.25) is 4.79 Å². The lowest BCUT2D eigenvalue weighted by molar-refractivity contribution is 0.0933. The molecule has 0 bridgehead atoms. The first kappa shape index (κ1) is 13.1. The van der Waals surface area contributed by atoms with Crippen molar-refractivity contribution in [3.63, 3.8) is 0 Å². The van der Waals surface area contributed by atoms with Gasteiger partial charge in [0.15, 0.2) is 0 Å². The molecule has 6 heteroatoms. The van der Waals surface area contributed by atoms with Gasteiger partial charge < -0.3 is 10.2 Å². The molecule has 0 unspecified atom stereocenters. The van der Waals surface area contributed by atoms with Crippen molar-refractivity contribution in [1.29, 1.82) is 0 Å². The standard InChI is InChI=1S/C14H16N4OS/c19-13(11-4-8-20-10-11)17-12-3-1-7-18(9-12)14-15-5-2-6-16-14/h2,4-6,8,10,12H,1,3,7,9H2,(H,17,19)/t12-/m0/s1. The highest BCUT2D eigenvalue weighted by Crippen LogP contribution is 2.16. The highest BCUT2D eigenvalue weighted by atomic mass is 32.1. The summed E-state index contributed by atoms with van der Waals surface area (Å²) in [5.74, 6) is 0.745. The van der Waals surface area contributed by atoms with Gasteiger partial charge in [0.2, 0.25) is 5.95 Å². The minimum absolute atomic E-state index is 0.00656. The van der Waals surface area contributed by atoms with E-state index in [4.69, 9.17) is 0 Å². The maximum Gasteiger partial charge on any atom is 0.252 e. The molecule has 1 amide bonds. The summed E-state index contributed by atoms with van der Waals surface area (Å²) in [5, 5.41) is 6.88. The molecular formula is C14H16N4OS. The van der Waals surface area contributed by atoms with Crippen LogP contribution in [0.25, 0.3) is 0 Å². The number of nitrogens with one attached hydrogen (secondary N) is 1. The first-order valence-electron chi connectivity index (χ1n) is 6.68. The van der Waals surface area contributed by atoms with Crippen LogP contribution in [0.3, 0.4) is 0 Å². The van der Waals surface area contributed by atoms with Crippen molar-refractivity contribution in [3.8, 4) is 0 Å². The smallest absolute Gasteiger partial charge is 0.252 e. The molecule has 1 aliphatic heterocycles. The minimum atomic E-state index is 0.00656. The van der Waals surface area contributed by atoms with Crippen molar-refractivity contribution in [1.82, 2.24) is 15.3 Å². The van der Waals surface area contributed by atoms with Gasteiger partial charge in [-0.25, -0.2) is 9.97 Å². The Balaban J connectivity index is 1.62. The molecule has 5 nitrogen and oxygen atoms in total. The summed E-state index contributed by atoms with van der Waals surface area (Å²) in [6.45, 7) is 1.70. The predicted octanol–water partition coefficient (Wildman–Crippen LogP) is 1.94. The van der Waals surface area contributed by atoms with E-state index in [1.807, 2.05) is 22.9 Å². The molecule has 1 N–H and O–H groups in total. The highest BCUT2D eigenvalue weighted by Gasteiger charge is 2.23. The fourth-order valence-electron chi connectivity index (χ4n) is 2.39. The molecule has 1 saturated heterocycles. The van der Waals surface area contributed by atoms with Crippen molar-refractivity contribution in [2.24, 2.45) is 0 Å². The van der Waals surface area contributed by atoms with E-state index >= 15 is 0 Å². The van der Waals surface area contributed by atoms with E-state index in [-0.39, 0.29) is 11.9 Å². The van der Waals surface area contributed by atoms with Crippen LogP contribution < -0.4 is 10.2 Å². The Kier molecular flexibility index (Phi) is 3.92. The molecule has 1 atom stereocenters. The zero-order valence-corrected chi connectivity index (χ0v) is 11.8. The summed E-state index contributed by atoms with van der Waals surface area (Å²) in [7, 11) is 0. The number of nitrogens with zero attached hydrogens (tertiary/aromatic N) is 3. The van der Waals surface area contributed by atoms with Crippen LogP contribution in [0.4, 0.5) is 5.95 Å². The second kappa shape index (κ2) is 6.00. The van der Waals surface area contributed by atoms with Crippen LogP contribution >= 0.6 is 11.3 Å². The van der Waals surface area contributed by atoms with Gasteiger partial charge in [-0.1, -0.05) is 0 Å². The first-order chi connectivity index (χ1) is 9.83. The molecule has 3 heterocycles. The van der Waals surface area contributed by atoms with Crippen LogP contribution in [0.2, 0.25) is 0 Å². The average Bonchev–Trinajstić information content (AvgIpc) is 3.03. The van der Waals surface area contributed by atoms with E-state index in [1.165, 1.54) is 11.3 Å². The quantitative estimate of drug-likeness (QED) is 0.937. The summed E-state index contributed by atoms with van der Waals surface area (Å²) < 4.78 is 0. The lowest BCUT2D eigenvalue weighted by atomic mass is 10.1. The predicted molar refractivity (Wildman–Crippen MR) is 79.1 cm³/mol. The van der Waals surface area contributed by atoms with E-state index in [1.54, 1.807) is 12.4 Å². The van der Waals surface area contributed by atoms with Crippen LogP contribution in [-0.4, -0.2) is 35.0 Å². The van der Waals surface area contributed by atoms with E-state index in [9.17, 15) is 4.79 Å². The van der Waals surface area contributed by atoms with Gasteiger partial charge >= 0.3 is 0 Å². The van der Waals surface area contributed by atoms with Crippen LogP contribution in [0.5, 0.6) is 0 Å². The summed E-state index contributed by atoms with van der Waals surface area (Å²) in [4.78, 5) is 22.7. The minimum Gasteiger partial charge on any atom is -0.347 e. The van der Waals surface area contributed by atoms with E-state index in [2.05, 4.69) is 20.2 Å². The van der Waals surface area contributed by atoms with Gasteiger partial charge in [-0.05, 0) is 30.4 Å². The maximum atomic E-state index is 12.1. The number of amides is 1. The zero-order chi connectivity index (χ0) is 13.8. The number of hydrogen-bond acceptors (Lipinski definition) is 5. The van der Waals surface area contributed by atoms with Crippen molar-refractivity contribution >= 4 is 23.2 Å². The second-order valence-electron chi connectivity index (χ2n) is 4.82.